The Morgan fingerprint density at radius 1 is 1.21 bits per heavy atom. The van der Waals surface area contributed by atoms with Crippen molar-refractivity contribution >= 4 is 17.5 Å². The van der Waals surface area contributed by atoms with Crippen molar-refractivity contribution in [1.29, 1.82) is 0 Å². The molecule has 0 radical (unpaired) electrons. The summed E-state index contributed by atoms with van der Waals surface area (Å²) < 4.78 is 0. The topological polar surface area (TPSA) is 69.8 Å². The highest BCUT2D eigenvalue weighted by Gasteiger charge is 2.14. The van der Waals surface area contributed by atoms with Gasteiger partial charge < -0.3 is 15.6 Å². The van der Waals surface area contributed by atoms with Crippen LogP contribution in [-0.2, 0) is 0 Å². The average Bonchev–Trinajstić information content (AvgIpc) is 2.76. The molecule has 5 nitrogen and oxygen atoms in total. The molecule has 0 aliphatic heterocycles. The van der Waals surface area contributed by atoms with Gasteiger partial charge in [0.05, 0.1) is 6.20 Å². The molecule has 19 heavy (non-hydrogen) atoms. The molecule has 0 atom stereocenters. The third kappa shape index (κ3) is 3.84. The average molecular weight is 258 g/mol. The second-order valence-electron chi connectivity index (χ2n) is 5.34. The van der Waals surface area contributed by atoms with Crippen LogP contribution in [-0.4, -0.2) is 21.4 Å². The number of aromatic nitrogens is 2. The molecule has 0 aliphatic rings. The number of imidazole rings is 1. The van der Waals surface area contributed by atoms with Gasteiger partial charge in [-0.25, -0.2) is 4.98 Å². The monoisotopic (exact) mass is 258 g/mol. The molecule has 0 unspecified atom stereocenters. The zero-order chi connectivity index (χ0) is 13.9. The van der Waals surface area contributed by atoms with Gasteiger partial charge in [0.1, 0.15) is 5.69 Å². The van der Waals surface area contributed by atoms with Crippen molar-refractivity contribution in [3.8, 4) is 0 Å². The molecule has 0 bridgehead atoms. The molecular weight excluding hydrogens is 240 g/mol. The third-order valence-corrected chi connectivity index (χ3v) is 2.35. The van der Waals surface area contributed by atoms with Crippen LogP contribution >= 0.6 is 0 Å². The van der Waals surface area contributed by atoms with Gasteiger partial charge >= 0.3 is 0 Å². The van der Waals surface area contributed by atoms with E-state index in [-0.39, 0.29) is 11.4 Å². The molecular formula is C14H18N4O. The van der Waals surface area contributed by atoms with Crippen molar-refractivity contribution in [3.05, 3.63) is 42.2 Å². The first kappa shape index (κ1) is 13.1. The summed E-state index contributed by atoms with van der Waals surface area (Å²) >= 11 is 0. The lowest BCUT2D eigenvalue weighted by Crippen LogP contribution is -2.26. The molecule has 0 spiro atoms. The molecule has 0 saturated carbocycles. The predicted octanol–water partition coefficient (Wildman–Crippen LogP) is 2.87. The fourth-order valence-corrected chi connectivity index (χ4v) is 1.58. The summed E-state index contributed by atoms with van der Waals surface area (Å²) in [7, 11) is 0. The van der Waals surface area contributed by atoms with E-state index in [1.807, 2.05) is 51.1 Å². The summed E-state index contributed by atoms with van der Waals surface area (Å²) in [4.78, 5) is 19.1. The van der Waals surface area contributed by atoms with E-state index in [1.54, 1.807) is 0 Å². The minimum atomic E-state index is -0.208. The number of amides is 1. The SMILES string of the molecule is CC(C)(C)Nc1ncc(C(=O)Nc2ccccc2)[nH]1. The highest BCUT2D eigenvalue weighted by Crippen LogP contribution is 2.12. The van der Waals surface area contributed by atoms with Crippen molar-refractivity contribution in [2.75, 3.05) is 10.6 Å². The number of nitrogens with one attached hydrogen (secondary N) is 3. The van der Waals surface area contributed by atoms with Crippen LogP contribution in [0.2, 0.25) is 0 Å². The largest absolute Gasteiger partial charge is 0.351 e. The zero-order valence-electron chi connectivity index (χ0n) is 11.3. The fourth-order valence-electron chi connectivity index (χ4n) is 1.58. The van der Waals surface area contributed by atoms with Crippen molar-refractivity contribution in [1.82, 2.24) is 9.97 Å². The van der Waals surface area contributed by atoms with Crippen LogP contribution in [0.3, 0.4) is 0 Å². The highest BCUT2D eigenvalue weighted by molar-refractivity contribution is 6.02. The van der Waals surface area contributed by atoms with Gasteiger partial charge in [-0.15, -0.1) is 0 Å². The molecule has 1 aromatic carbocycles. The van der Waals surface area contributed by atoms with Gasteiger partial charge in [-0.3, -0.25) is 4.79 Å². The van der Waals surface area contributed by atoms with E-state index in [2.05, 4.69) is 20.6 Å². The molecule has 0 fully saturated rings. The van der Waals surface area contributed by atoms with Crippen molar-refractivity contribution in [3.63, 3.8) is 0 Å². The number of carbonyl (C=O) groups is 1. The van der Waals surface area contributed by atoms with Crippen molar-refractivity contribution < 1.29 is 4.79 Å². The Labute approximate surface area is 112 Å². The van der Waals surface area contributed by atoms with Crippen LogP contribution in [0.1, 0.15) is 31.3 Å². The first-order valence-electron chi connectivity index (χ1n) is 6.14. The van der Waals surface area contributed by atoms with Gasteiger partial charge in [0.15, 0.2) is 0 Å². The Kier molecular flexibility index (Phi) is 3.55. The number of nitrogens with zero attached hydrogens (tertiary/aromatic N) is 1. The number of benzene rings is 1. The van der Waals surface area contributed by atoms with Crippen LogP contribution in [0, 0.1) is 0 Å². The van der Waals surface area contributed by atoms with Crippen LogP contribution in [0.15, 0.2) is 36.5 Å². The molecule has 3 N–H and O–H groups in total. The summed E-state index contributed by atoms with van der Waals surface area (Å²) in [5, 5.41) is 5.97. The Morgan fingerprint density at radius 3 is 2.53 bits per heavy atom. The molecule has 5 heteroatoms. The van der Waals surface area contributed by atoms with Crippen LogP contribution in [0.4, 0.5) is 11.6 Å². The summed E-state index contributed by atoms with van der Waals surface area (Å²) in [6.07, 6.45) is 1.52. The summed E-state index contributed by atoms with van der Waals surface area (Å²) in [6, 6.07) is 9.31. The van der Waals surface area contributed by atoms with Crippen molar-refractivity contribution in [2.45, 2.75) is 26.3 Å². The van der Waals surface area contributed by atoms with Gasteiger partial charge in [-0.2, -0.15) is 0 Å². The molecule has 1 aromatic heterocycles. The predicted molar refractivity (Wildman–Crippen MR) is 76.4 cm³/mol. The highest BCUT2D eigenvalue weighted by atomic mass is 16.1. The Bertz CT molecular complexity index is 554. The van der Waals surface area contributed by atoms with E-state index >= 15 is 0 Å². The van der Waals surface area contributed by atoms with Crippen LogP contribution < -0.4 is 10.6 Å². The van der Waals surface area contributed by atoms with E-state index in [0.717, 1.165) is 5.69 Å². The fraction of sp³-hybridized carbons (Fsp3) is 0.286. The number of hydrogen-bond donors (Lipinski definition) is 3. The van der Waals surface area contributed by atoms with E-state index < -0.39 is 0 Å². The summed E-state index contributed by atoms with van der Waals surface area (Å²) in [5.74, 6) is 0.381. The summed E-state index contributed by atoms with van der Waals surface area (Å²) in [6.45, 7) is 6.08. The number of anilines is 2. The molecule has 0 saturated heterocycles. The van der Waals surface area contributed by atoms with Crippen LogP contribution in [0.25, 0.3) is 0 Å². The van der Waals surface area contributed by atoms with Gasteiger partial charge in [0.25, 0.3) is 5.91 Å². The number of aromatic amines is 1. The third-order valence-electron chi connectivity index (χ3n) is 2.35. The molecule has 2 rings (SSSR count). The number of carbonyl (C=O) groups excluding carboxylic acids is 1. The Hall–Kier alpha value is -2.30. The maximum Gasteiger partial charge on any atom is 0.273 e. The van der Waals surface area contributed by atoms with Gasteiger partial charge in [-0.1, -0.05) is 18.2 Å². The maximum absolute atomic E-state index is 12.0. The van der Waals surface area contributed by atoms with E-state index in [0.29, 0.717) is 11.6 Å². The Balaban J connectivity index is 2.04. The second kappa shape index (κ2) is 5.14. The minimum Gasteiger partial charge on any atom is -0.351 e. The number of H-pyrrole nitrogens is 1. The maximum atomic E-state index is 12.0. The molecule has 100 valence electrons. The first-order valence-corrected chi connectivity index (χ1v) is 6.14. The zero-order valence-corrected chi connectivity index (χ0v) is 11.3. The smallest absolute Gasteiger partial charge is 0.273 e. The van der Waals surface area contributed by atoms with E-state index in [9.17, 15) is 4.79 Å². The lowest BCUT2D eigenvalue weighted by atomic mass is 10.1. The quantitative estimate of drug-likeness (QED) is 0.792. The Morgan fingerprint density at radius 2 is 1.89 bits per heavy atom. The van der Waals surface area contributed by atoms with Crippen molar-refractivity contribution in [2.24, 2.45) is 0 Å². The lowest BCUT2D eigenvalue weighted by molar-refractivity contribution is 0.102. The normalized spacial score (nSPS) is 11.1. The van der Waals surface area contributed by atoms with Gasteiger partial charge in [-0.05, 0) is 32.9 Å². The number of para-hydroxylation sites is 1. The van der Waals surface area contributed by atoms with Gasteiger partial charge in [0.2, 0.25) is 5.95 Å². The molecule has 1 heterocycles. The van der Waals surface area contributed by atoms with E-state index in [1.165, 1.54) is 6.20 Å². The molecule has 0 aliphatic carbocycles. The summed E-state index contributed by atoms with van der Waals surface area (Å²) in [5.41, 5.74) is 1.08. The standard InChI is InChI=1S/C14H18N4O/c1-14(2,3)18-13-15-9-11(17-13)12(19)16-10-7-5-4-6-8-10/h4-9H,1-3H3,(H,16,19)(H2,15,17,18). The molecule has 1 amide bonds. The number of hydrogen-bond acceptors (Lipinski definition) is 3. The van der Waals surface area contributed by atoms with Gasteiger partial charge in [0, 0.05) is 11.2 Å². The van der Waals surface area contributed by atoms with Crippen LogP contribution in [0.5, 0.6) is 0 Å². The number of rotatable bonds is 3. The first-order chi connectivity index (χ1) is 8.94. The second-order valence-corrected chi connectivity index (χ2v) is 5.34. The minimum absolute atomic E-state index is 0.106. The lowest BCUT2D eigenvalue weighted by Gasteiger charge is -2.19. The van der Waals surface area contributed by atoms with E-state index in [4.69, 9.17) is 0 Å². The molecule has 2 aromatic rings.